The third-order valence-corrected chi connectivity index (χ3v) is 3.19. The Balaban J connectivity index is 1.97. The van der Waals surface area contributed by atoms with Gasteiger partial charge in [-0.3, -0.25) is 0 Å². The summed E-state index contributed by atoms with van der Waals surface area (Å²) in [6, 6.07) is 12.9. The van der Waals surface area contributed by atoms with Gasteiger partial charge >= 0.3 is 5.97 Å². The maximum absolute atomic E-state index is 11.2. The van der Waals surface area contributed by atoms with Gasteiger partial charge in [-0.2, -0.15) is 0 Å². The molecule has 21 heavy (non-hydrogen) atoms. The number of pyridine rings is 1. The summed E-state index contributed by atoms with van der Waals surface area (Å²) in [5, 5.41) is 14.0. The first kappa shape index (κ1) is 13.2. The summed E-state index contributed by atoms with van der Waals surface area (Å²) in [5.74, 6) is 1.11. The van der Waals surface area contributed by atoms with Gasteiger partial charge in [0, 0.05) is 5.39 Å². The van der Waals surface area contributed by atoms with Crippen LogP contribution in [0.25, 0.3) is 10.8 Å². The van der Waals surface area contributed by atoms with Crippen LogP contribution in [-0.4, -0.2) is 16.1 Å². The van der Waals surface area contributed by atoms with Crippen LogP contribution in [-0.2, 0) is 6.54 Å². The average Bonchev–Trinajstić information content (AvgIpc) is 2.90. The highest BCUT2D eigenvalue weighted by atomic mass is 16.4. The van der Waals surface area contributed by atoms with E-state index in [-0.39, 0.29) is 5.69 Å². The number of hydrogen-bond acceptors (Lipinski definition) is 4. The Morgan fingerprint density at radius 1 is 1.29 bits per heavy atom. The molecule has 0 aliphatic rings. The lowest BCUT2D eigenvalue weighted by Crippen LogP contribution is -2.06. The van der Waals surface area contributed by atoms with Crippen LogP contribution in [0.2, 0.25) is 0 Å². The monoisotopic (exact) mass is 282 g/mol. The minimum Gasteiger partial charge on any atom is -0.477 e. The number of nitrogens with zero attached hydrogens (tertiary/aromatic N) is 1. The fraction of sp³-hybridized carbons (Fsp3) is 0.125. The van der Waals surface area contributed by atoms with Crippen molar-refractivity contribution in [2.45, 2.75) is 13.5 Å². The van der Waals surface area contributed by atoms with Crippen LogP contribution in [0.4, 0.5) is 5.82 Å². The molecular formula is C16H14N2O3. The van der Waals surface area contributed by atoms with E-state index in [9.17, 15) is 4.79 Å². The van der Waals surface area contributed by atoms with E-state index < -0.39 is 5.97 Å². The van der Waals surface area contributed by atoms with Gasteiger partial charge in [-0.05, 0) is 30.5 Å². The molecule has 0 saturated heterocycles. The molecule has 2 heterocycles. The zero-order valence-electron chi connectivity index (χ0n) is 11.5. The lowest BCUT2D eigenvalue weighted by molar-refractivity contribution is 0.0691. The standard InChI is InChI=1S/C16H14N2O3/c1-10-6-7-12(21-10)9-17-15-13-5-3-2-4-11(13)8-14(18-15)16(19)20/h2-8H,9H2,1H3,(H,17,18)(H,19,20). The third-order valence-electron chi connectivity index (χ3n) is 3.19. The molecule has 3 aromatic rings. The van der Waals surface area contributed by atoms with Gasteiger partial charge in [0.05, 0.1) is 6.54 Å². The van der Waals surface area contributed by atoms with Crippen molar-refractivity contribution >= 4 is 22.6 Å². The zero-order valence-corrected chi connectivity index (χ0v) is 11.5. The predicted octanol–water partition coefficient (Wildman–Crippen LogP) is 3.45. The number of hydrogen-bond donors (Lipinski definition) is 2. The van der Waals surface area contributed by atoms with Gasteiger partial charge in [-0.15, -0.1) is 0 Å². The van der Waals surface area contributed by atoms with Crippen LogP contribution in [0.5, 0.6) is 0 Å². The second-order valence-electron chi connectivity index (χ2n) is 4.75. The molecule has 0 atom stereocenters. The van der Waals surface area contributed by atoms with E-state index in [1.165, 1.54) is 0 Å². The minimum atomic E-state index is -1.04. The average molecular weight is 282 g/mol. The van der Waals surface area contributed by atoms with Crippen molar-refractivity contribution in [1.29, 1.82) is 0 Å². The second kappa shape index (κ2) is 5.28. The van der Waals surface area contributed by atoms with Crippen molar-refractivity contribution in [2.75, 3.05) is 5.32 Å². The van der Waals surface area contributed by atoms with E-state index >= 15 is 0 Å². The van der Waals surface area contributed by atoms with Crippen LogP contribution in [0.3, 0.4) is 0 Å². The molecule has 2 aromatic heterocycles. The number of aromatic nitrogens is 1. The fourth-order valence-corrected chi connectivity index (χ4v) is 2.19. The number of aryl methyl sites for hydroxylation is 1. The first-order valence-corrected chi connectivity index (χ1v) is 6.56. The van der Waals surface area contributed by atoms with E-state index in [4.69, 9.17) is 9.52 Å². The normalized spacial score (nSPS) is 10.7. The van der Waals surface area contributed by atoms with Gasteiger partial charge < -0.3 is 14.8 Å². The number of nitrogens with one attached hydrogen (secondary N) is 1. The van der Waals surface area contributed by atoms with Gasteiger partial charge in [0.2, 0.25) is 0 Å². The zero-order chi connectivity index (χ0) is 14.8. The fourth-order valence-electron chi connectivity index (χ4n) is 2.19. The molecule has 106 valence electrons. The van der Waals surface area contributed by atoms with Crippen molar-refractivity contribution in [1.82, 2.24) is 4.98 Å². The van der Waals surface area contributed by atoms with Crippen LogP contribution >= 0.6 is 0 Å². The molecule has 0 fully saturated rings. The molecule has 0 aliphatic carbocycles. The smallest absolute Gasteiger partial charge is 0.354 e. The van der Waals surface area contributed by atoms with E-state index in [2.05, 4.69) is 10.3 Å². The highest BCUT2D eigenvalue weighted by molar-refractivity contribution is 5.97. The number of carbonyl (C=O) groups is 1. The van der Waals surface area contributed by atoms with E-state index in [1.54, 1.807) is 6.07 Å². The molecule has 0 spiro atoms. The number of benzene rings is 1. The summed E-state index contributed by atoms with van der Waals surface area (Å²) in [6.07, 6.45) is 0. The number of carboxylic acids is 1. The second-order valence-corrected chi connectivity index (χ2v) is 4.75. The maximum atomic E-state index is 11.2. The van der Waals surface area contributed by atoms with Crippen LogP contribution in [0, 0.1) is 6.92 Å². The van der Waals surface area contributed by atoms with Gasteiger partial charge in [-0.25, -0.2) is 9.78 Å². The Bertz CT molecular complexity index is 808. The molecule has 0 aliphatic heterocycles. The Labute approximate surface area is 121 Å². The molecular weight excluding hydrogens is 268 g/mol. The SMILES string of the molecule is Cc1ccc(CNc2nc(C(=O)O)cc3ccccc23)o1. The first-order valence-electron chi connectivity index (χ1n) is 6.56. The summed E-state index contributed by atoms with van der Waals surface area (Å²) in [4.78, 5) is 15.3. The first-order chi connectivity index (χ1) is 10.1. The summed E-state index contributed by atoms with van der Waals surface area (Å²) < 4.78 is 5.49. The Morgan fingerprint density at radius 3 is 2.81 bits per heavy atom. The number of rotatable bonds is 4. The summed E-state index contributed by atoms with van der Waals surface area (Å²) in [6.45, 7) is 2.33. The Kier molecular flexibility index (Phi) is 3.31. The molecule has 2 N–H and O–H groups in total. The topological polar surface area (TPSA) is 75.4 Å². The van der Waals surface area contributed by atoms with Crippen molar-refractivity contribution in [3.8, 4) is 0 Å². The highest BCUT2D eigenvalue weighted by Gasteiger charge is 2.11. The van der Waals surface area contributed by atoms with Crippen molar-refractivity contribution < 1.29 is 14.3 Å². The molecule has 0 saturated carbocycles. The van der Waals surface area contributed by atoms with Gasteiger partial charge in [0.1, 0.15) is 17.3 Å². The molecule has 3 rings (SSSR count). The van der Waals surface area contributed by atoms with Crippen LogP contribution in [0.1, 0.15) is 22.0 Å². The predicted molar refractivity (Wildman–Crippen MR) is 79.5 cm³/mol. The lowest BCUT2D eigenvalue weighted by Gasteiger charge is -2.09. The van der Waals surface area contributed by atoms with Gasteiger partial charge in [0.15, 0.2) is 5.69 Å². The third kappa shape index (κ3) is 2.72. The van der Waals surface area contributed by atoms with E-state index in [1.807, 2.05) is 43.3 Å². The van der Waals surface area contributed by atoms with Crippen molar-refractivity contribution in [2.24, 2.45) is 0 Å². The van der Waals surface area contributed by atoms with E-state index in [0.717, 1.165) is 22.3 Å². The molecule has 0 unspecified atom stereocenters. The maximum Gasteiger partial charge on any atom is 0.354 e. The van der Waals surface area contributed by atoms with Crippen molar-refractivity contribution in [3.63, 3.8) is 0 Å². The Morgan fingerprint density at radius 2 is 2.10 bits per heavy atom. The lowest BCUT2D eigenvalue weighted by atomic mass is 10.1. The van der Waals surface area contributed by atoms with E-state index in [0.29, 0.717) is 12.4 Å². The summed E-state index contributed by atoms with van der Waals surface area (Å²) in [5.41, 5.74) is 0.0202. The number of aromatic carboxylic acids is 1. The minimum absolute atomic E-state index is 0.0202. The molecule has 0 radical (unpaired) electrons. The van der Waals surface area contributed by atoms with Gasteiger partial charge in [-0.1, -0.05) is 24.3 Å². The van der Waals surface area contributed by atoms with Crippen LogP contribution in [0.15, 0.2) is 46.9 Å². The quantitative estimate of drug-likeness (QED) is 0.766. The number of carboxylic acid groups (broad SMARTS) is 1. The van der Waals surface area contributed by atoms with Crippen molar-refractivity contribution in [3.05, 3.63) is 59.7 Å². The largest absolute Gasteiger partial charge is 0.477 e. The number of anilines is 1. The molecule has 5 heteroatoms. The molecule has 5 nitrogen and oxygen atoms in total. The Hall–Kier alpha value is -2.82. The summed E-state index contributed by atoms with van der Waals surface area (Å²) in [7, 11) is 0. The molecule has 0 bridgehead atoms. The number of fused-ring (bicyclic) bond motifs is 1. The molecule has 0 amide bonds. The van der Waals surface area contributed by atoms with Crippen LogP contribution < -0.4 is 5.32 Å². The number of furan rings is 1. The highest BCUT2D eigenvalue weighted by Crippen LogP contribution is 2.23. The molecule has 1 aromatic carbocycles. The van der Waals surface area contributed by atoms with Gasteiger partial charge in [0.25, 0.3) is 0 Å². The summed E-state index contributed by atoms with van der Waals surface area (Å²) >= 11 is 0.